The van der Waals surface area contributed by atoms with Gasteiger partial charge in [0.25, 0.3) is 10.0 Å². The molecule has 0 aliphatic carbocycles. The molecule has 1 heterocycles. The molecule has 0 amide bonds. The van der Waals surface area contributed by atoms with Gasteiger partial charge in [-0.05, 0) is 17.5 Å². The van der Waals surface area contributed by atoms with Crippen LogP contribution in [0, 0.1) is 0 Å². The first-order valence-corrected chi connectivity index (χ1v) is 5.71. The number of hydrogen-bond donors (Lipinski definition) is 1. The Morgan fingerprint density at radius 3 is 2.57 bits per heavy atom. The number of rotatable bonds is 0. The predicted molar refractivity (Wildman–Crippen MR) is 56.9 cm³/mol. The van der Waals surface area contributed by atoms with E-state index in [4.69, 9.17) is 0 Å². The number of anilines is 1. The topological polar surface area (TPSA) is 46.2 Å². The lowest BCUT2D eigenvalue weighted by Gasteiger charge is -1.96. The predicted octanol–water partition coefficient (Wildman–Crippen LogP) is 2.20. The molecule has 72 valence electrons. The van der Waals surface area contributed by atoms with Gasteiger partial charge in [-0.2, -0.15) is 0 Å². The summed E-state index contributed by atoms with van der Waals surface area (Å²) in [5.74, 6) is 0. The van der Waals surface area contributed by atoms with Crippen LogP contribution in [-0.4, -0.2) is 8.42 Å². The Hall–Kier alpha value is -1.55. The van der Waals surface area contributed by atoms with Gasteiger partial charge in [-0.25, -0.2) is 8.42 Å². The summed E-state index contributed by atoms with van der Waals surface area (Å²) in [6.07, 6.45) is 0. The third kappa shape index (κ3) is 0.834. The number of hydrogen-bond acceptors (Lipinski definition) is 2. The quantitative estimate of drug-likeness (QED) is 0.719. The molecule has 0 bridgehead atoms. The first-order chi connectivity index (χ1) is 6.68. The highest BCUT2D eigenvalue weighted by molar-refractivity contribution is 7.93. The summed E-state index contributed by atoms with van der Waals surface area (Å²) in [6, 6.07) is 10.8. The van der Waals surface area contributed by atoms with Gasteiger partial charge in [0.1, 0.15) is 0 Å². The first-order valence-electron chi connectivity index (χ1n) is 4.23. The molecule has 0 saturated heterocycles. The summed E-state index contributed by atoms with van der Waals surface area (Å²) < 4.78 is 25.8. The fourth-order valence-electron chi connectivity index (χ4n) is 1.82. The molecule has 0 radical (unpaired) electrons. The molecule has 1 N–H and O–H groups in total. The van der Waals surface area contributed by atoms with Crippen LogP contribution in [0.15, 0.2) is 41.3 Å². The minimum absolute atomic E-state index is 0. The molecule has 0 spiro atoms. The van der Waals surface area contributed by atoms with E-state index in [0.717, 1.165) is 10.8 Å². The summed E-state index contributed by atoms with van der Waals surface area (Å²) >= 11 is 0. The van der Waals surface area contributed by atoms with Crippen molar-refractivity contribution in [2.24, 2.45) is 0 Å². The molecule has 14 heavy (non-hydrogen) atoms. The van der Waals surface area contributed by atoms with Crippen molar-refractivity contribution >= 4 is 26.5 Å². The van der Waals surface area contributed by atoms with Crippen LogP contribution in [0.2, 0.25) is 0 Å². The molecule has 0 fully saturated rings. The molecule has 4 heteroatoms. The second kappa shape index (κ2) is 2.27. The molecule has 2 aromatic carbocycles. The lowest BCUT2D eigenvalue weighted by Crippen LogP contribution is -2.05. The molecule has 1 aliphatic heterocycles. The molecule has 0 saturated carbocycles. The zero-order valence-corrected chi connectivity index (χ0v) is 8.01. The van der Waals surface area contributed by atoms with Gasteiger partial charge in [0.05, 0.1) is 10.6 Å². The van der Waals surface area contributed by atoms with E-state index in [1.807, 2.05) is 18.2 Å². The van der Waals surface area contributed by atoms with Crippen molar-refractivity contribution in [2.75, 3.05) is 4.72 Å². The van der Waals surface area contributed by atoms with Gasteiger partial charge >= 0.3 is 0 Å². The van der Waals surface area contributed by atoms with Crippen molar-refractivity contribution in [1.29, 1.82) is 0 Å². The van der Waals surface area contributed by atoms with Gasteiger partial charge in [0.15, 0.2) is 0 Å². The summed E-state index contributed by atoms with van der Waals surface area (Å²) in [5, 5.41) is 1.75. The number of nitrogens with one attached hydrogen (secondary N) is 1. The highest BCUT2D eigenvalue weighted by Crippen LogP contribution is 2.36. The fraction of sp³-hybridized carbons (Fsp3) is 0. The van der Waals surface area contributed by atoms with E-state index < -0.39 is 10.0 Å². The molecule has 1 aliphatic rings. The van der Waals surface area contributed by atoms with Gasteiger partial charge in [-0.15, -0.1) is 0 Å². The molecule has 2 aromatic rings. The monoisotopic (exact) mass is 207 g/mol. The van der Waals surface area contributed by atoms with Crippen LogP contribution < -0.4 is 4.72 Å². The maximum absolute atomic E-state index is 11.6. The van der Waals surface area contributed by atoms with E-state index in [1.165, 1.54) is 0 Å². The van der Waals surface area contributed by atoms with Crippen LogP contribution >= 0.6 is 0 Å². The highest BCUT2D eigenvalue weighted by Gasteiger charge is 2.26. The smallest absolute Gasteiger partial charge is 0.262 e. The maximum Gasteiger partial charge on any atom is 0.262 e. The van der Waals surface area contributed by atoms with Crippen molar-refractivity contribution in [2.45, 2.75) is 4.90 Å². The SMILES string of the molecule is O=S1(=O)Nc2cccc3cccc1c23.[HH]. The average molecular weight is 207 g/mol. The van der Waals surface area contributed by atoms with Crippen LogP contribution in [0.4, 0.5) is 5.69 Å². The summed E-state index contributed by atoms with van der Waals surface area (Å²) in [6.45, 7) is 0. The fourth-order valence-corrected chi connectivity index (χ4v) is 3.14. The van der Waals surface area contributed by atoms with Crippen LogP contribution in [0.25, 0.3) is 10.8 Å². The minimum Gasteiger partial charge on any atom is -0.279 e. The molecular weight excluding hydrogens is 198 g/mol. The summed E-state index contributed by atoms with van der Waals surface area (Å²) in [7, 11) is -3.31. The van der Waals surface area contributed by atoms with E-state index >= 15 is 0 Å². The van der Waals surface area contributed by atoms with Crippen molar-refractivity contribution in [3.63, 3.8) is 0 Å². The Kier molecular flexibility index (Phi) is 1.27. The third-order valence-electron chi connectivity index (χ3n) is 2.40. The Labute approximate surface area is 82.9 Å². The Morgan fingerprint density at radius 2 is 1.79 bits per heavy atom. The zero-order valence-electron chi connectivity index (χ0n) is 7.19. The van der Waals surface area contributed by atoms with E-state index in [1.54, 1.807) is 18.2 Å². The van der Waals surface area contributed by atoms with Gasteiger partial charge in [0.2, 0.25) is 0 Å². The van der Waals surface area contributed by atoms with Crippen LogP contribution in [0.1, 0.15) is 1.43 Å². The molecule has 3 rings (SSSR count). The van der Waals surface area contributed by atoms with Gasteiger partial charge < -0.3 is 0 Å². The van der Waals surface area contributed by atoms with Gasteiger partial charge in [0, 0.05) is 6.81 Å². The van der Waals surface area contributed by atoms with Gasteiger partial charge in [-0.1, -0.05) is 24.3 Å². The van der Waals surface area contributed by atoms with Gasteiger partial charge in [-0.3, -0.25) is 4.72 Å². The molecule has 0 unspecified atom stereocenters. The number of benzene rings is 2. The minimum atomic E-state index is -3.31. The lowest BCUT2D eigenvalue weighted by molar-refractivity contribution is 0.603. The normalized spacial score (nSPS) is 16.9. The van der Waals surface area contributed by atoms with E-state index in [2.05, 4.69) is 4.72 Å². The van der Waals surface area contributed by atoms with Crippen molar-refractivity contribution < 1.29 is 9.84 Å². The molecule has 0 atom stereocenters. The van der Waals surface area contributed by atoms with Crippen LogP contribution in [-0.2, 0) is 10.0 Å². The second-order valence-electron chi connectivity index (χ2n) is 3.27. The van der Waals surface area contributed by atoms with Crippen LogP contribution in [0.3, 0.4) is 0 Å². The lowest BCUT2D eigenvalue weighted by atomic mass is 10.1. The standard InChI is InChI=1S/C10H7NO2S.H2/c12-14(13)9-6-2-4-7-3-1-5-8(11-14)10(7)9;/h1-6,11H;1H. The van der Waals surface area contributed by atoms with E-state index in [0.29, 0.717) is 10.6 Å². The third-order valence-corrected chi connectivity index (χ3v) is 3.81. The average Bonchev–Trinajstić information content (AvgIpc) is 2.41. The maximum atomic E-state index is 11.6. The first kappa shape index (κ1) is 7.82. The summed E-state index contributed by atoms with van der Waals surface area (Å²) in [5.41, 5.74) is 0.679. The number of sulfonamides is 1. The van der Waals surface area contributed by atoms with Crippen molar-refractivity contribution in [3.8, 4) is 0 Å². The Bertz CT molecular complexity index is 632. The van der Waals surface area contributed by atoms with E-state index in [-0.39, 0.29) is 1.43 Å². The van der Waals surface area contributed by atoms with Crippen molar-refractivity contribution in [1.82, 2.24) is 0 Å². The summed E-state index contributed by atoms with van der Waals surface area (Å²) in [4.78, 5) is 0.380. The second-order valence-corrected chi connectivity index (χ2v) is 4.92. The Morgan fingerprint density at radius 1 is 1.07 bits per heavy atom. The molecular formula is C10H9NO2S. The highest BCUT2D eigenvalue weighted by atomic mass is 32.2. The Balaban J connectivity index is 0.000000853. The van der Waals surface area contributed by atoms with E-state index in [9.17, 15) is 8.42 Å². The largest absolute Gasteiger partial charge is 0.279 e. The van der Waals surface area contributed by atoms with Crippen LogP contribution in [0.5, 0.6) is 0 Å². The molecule has 0 aromatic heterocycles. The van der Waals surface area contributed by atoms with Crippen molar-refractivity contribution in [3.05, 3.63) is 36.4 Å². The molecule has 3 nitrogen and oxygen atoms in total. The zero-order chi connectivity index (χ0) is 9.76.